The van der Waals surface area contributed by atoms with Crippen LogP contribution in [0.4, 0.5) is 0 Å². The Balaban J connectivity index is 1.76. The molecule has 3 heterocycles. The average Bonchev–Trinajstić information content (AvgIpc) is 3.19. The number of carbonyl (C=O) groups excluding carboxylic acids is 1. The van der Waals surface area contributed by atoms with Crippen LogP contribution in [0, 0.1) is 0 Å². The standard InChI is InChI=1S/C15H19BrN4O2/c1-19-7-11(16)5-12(19)8-20(2)15(21)13-6-17-18-14(13)10-3-4-22-9-10/h5-7,10H,3-4,8-9H2,1-2H3,(H,17,18). The Morgan fingerprint density at radius 2 is 2.45 bits per heavy atom. The van der Waals surface area contributed by atoms with E-state index >= 15 is 0 Å². The number of halogens is 1. The van der Waals surface area contributed by atoms with Crippen LogP contribution in [0.25, 0.3) is 0 Å². The van der Waals surface area contributed by atoms with E-state index in [9.17, 15) is 4.79 Å². The molecular formula is C15H19BrN4O2. The van der Waals surface area contributed by atoms with Crippen LogP contribution in [0.2, 0.25) is 0 Å². The lowest BCUT2D eigenvalue weighted by Gasteiger charge is -2.18. The van der Waals surface area contributed by atoms with Gasteiger partial charge in [-0.25, -0.2) is 0 Å². The van der Waals surface area contributed by atoms with Gasteiger partial charge in [0.2, 0.25) is 0 Å². The Morgan fingerprint density at radius 3 is 3.09 bits per heavy atom. The van der Waals surface area contributed by atoms with Crippen molar-refractivity contribution >= 4 is 21.8 Å². The summed E-state index contributed by atoms with van der Waals surface area (Å²) in [4.78, 5) is 14.4. The van der Waals surface area contributed by atoms with Gasteiger partial charge in [0.15, 0.2) is 0 Å². The minimum atomic E-state index is -0.0204. The Bertz CT molecular complexity index is 673. The molecule has 1 aliphatic rings. The summed E-state index contributed by atoms with van der Waals surface area (Å²) in [6.45, 7) is 1.94. The summed E-state index contributed by atoms with van der Waals surface area (Å²) in [5.74, 6) is 0.215. The van der Waals surface area contributed by atoms with Gasteiger partial charge in [0.25, 0.3) is 5.91 Å². The third kappa shape index (κ3) is 2.96. The number of aryl methyl sites for hydroxylation is 1. The first-order chi connectivity index (χ1) is 10.6. The molecule has 1 unspecified atom stereocenters. The summed E-state index contributed by atoms with van der Waals surface area (Å²) in [6.07, 6.45) is 4.52. The van der Waals surface area contributed by atoms with Crippen molar-refractivity contribution in [3.8, 4) is 0 Å². The number of carbonyl (C=O) groups is 1. The maximum Gasteiger partial charge on any atom is 0.257 e. The van der Waals surface area contributed by atoms with E-state index < -0.39 is 0 Å². The van der Waals surface area contributed by atoms with Crippen LogP contribution in [0.3, 0.4) is 0 Å². The monoisotopic (exact) mass is 366 g/mol. The first-order valence-electron chi connectivity index (χ1n) is 7.23. The molecule has 1 atom stereocenters. The van der Waals surface area contributed by atoms with Gasteiger partial charge in [0.05, 0.1) is 30.6 Å². The molecule has 118 valence electrons. The normalized spacial score (nSPS) is 17.9. The molecule has 0 spiro atoms. The van der Waals surface area contributed by atoms with Gasteiger partial charge in [-0.1, -0.05) is 0 Å². The van der Waals surface area contributed by atoms with Crippen LogP contribution < -0.4 is 0 Å². The molecule has 1 saturated heterocycles. The van der Waals surface area contributed by atoms with Crippen molar-refractivity contribution in [3.63, 3.8) is 0 Å². The summed E-state index contributed by atoms with van der Waals surface area (Å²) in [7, 11) is 3.78. The molecule has 22 heavy (non-hydrogen) atoms. The van der Waals surface area contributed by atoms with Crippen LogP contribution >= 0.6 is 15.9 Å². The minimum absolute atomic E-state index is 0.0204. The molecule has 1 amide bonds. The molecule has 1 N–H and O–H groups in total. The number of H-pyrrole nitrogens is 1. The zero-order valence-corrected chi connectivity index (χ0v) is 14.3. The van der Waals surface area contributed by atoms with Crippen LogP contribution in [-0.2, 0) is 18.3 Å². The fraction of sp³-hybridized carbons (Fsp3) is 0.467. The predicted molar refractivity (Wildman–Crippen MR) is 85.7 cm³/mol. The van der Waals surface area contributed by atoms with E-state index in [1.54, 1.807) is 11.1 Å². The number of hydrogen-bond acceptors (Lipinski definition) is 3. The number of hydrogen-bond donors (Lipinski definition) is 1. The lowest BCUT2D eigenvalue weighted by Crippen LogP contribution is -2.28. The van der Waals surface area contributed by atoms with E-state index in [0.29, 0.717) is 18.7 Å². The van der Waals surface area contributed by atoms with Crippen LogP contribution in [0.1, 0.15) is 34.1 Å². The first kappa shape index (κ1) is 15.3. The third-order valence-corrected chi connectivity index (χ3v) is 4.49. The zero-order chi connectivity index (χ0) is 15.7. The molecule has 0 aliphatic carbocycles. The van der Waals surface area contributed by atoms with Gasteiger partial charge < -0.3 is 14.2 Å². The quantitative estimate of drug-likeness (QED) is 0.902. The Labute approximate surface area is 137 Å². The average molecular weight is 367 g/mol. The number of nitrogens with zero attached hydrogens (tertiary/aromatic N) is 3. The Kier molecular flexibility index (Phi) is 4.35. The van der Waals surface area contributed by atoms with Crippen molar-refractivity contribution in [1.29, 1.82) is 0 Å². The molecular weight excluding hydrogens is 348 g/mol. The maximum absolute atomic E-state index is 12.7. The molecule has 0 aromatic carbocycles. The molecule has 7 heteroatoms. The summed E-state index contributed by atoms with van der Waals surface area (Å²) in [5.41, 5.74) is 2.60. The van der Waals surface area contributed by atoms with E-state index in [4.69, 9.17) is 4.74 Å². The lowest BCUT2D eigenvalue weighted by atomic mass is 10.0. The highest BCUT2D eigenvalue weighted by Crippen LogP contribution is 2.27. The number of aromatic nitrogens is 3. The molecule has 2 aromatic rings. The van der Waals surface area contributed by atoms with Crippen molar-refractivity contribution in [2.75, 3.05) is 20.3 Å². The molecule has 0 radical (unpaired) electrons. The van der Waals surface area contributed by atoms with Gasteiger partial charge in [-0.2, -0.15) is 5.10 Å². The van der Waals surface area contributed by atoms with Crippen LogP contribution in [-0.4, -0.2) is 45.8 Å². The molecule has 0 saturated carbocycles. The highest BCUT2D eigenvalue weighted by Gasteiger charge is 2.26. The summed E-state index contributed by atoms with van der Waals surface area (Å²) in [6, 6.07) is 2.02. The van der Waals surface area contributed by atoms with Gasteiger partial charge >= 0.3 is 0 Å². The van der Waals surface area contributed by atoms with Gasteiger partial charge in [0, 0.05) is 43.0 Å². The smallest absolute Gasteiger partial charge is 0.257 e. The second kappa shape index (κ2) is 6.26. The van der Waals surface area contributed by atoms with E-state index in [-0.39, 0.29) is 11.8 Å². The summed E-state index contributed by atoms with van der Waals surface area (Å²) < 4.78 is 8.43. The highest BCUT2D eigenvalue weighted by atomic mass is 79.9. The lowest BCUT2D eigenvalue weighted by molar-refractivity contribution is 0.0780. The second-order valence-electron chi connectivity index (χ2n) is 5.68. The van der Waals surface area contributed by atoms with Crippen molar-refractivity contribution < 1.29 is 9.53 Å². The fourth-order valence-corrected chi connectivity index (χ4v) is 3.36. The first-order valence-corrected chi connectivity index (χ1v) is 8.02. The predicted octanol–water partition coefficient (Wildman–Crippen LogP) is 2.29. The van der Waals surface area contributed by atoms with E-state index in [0.717, 1.165) is 28.9 Å². The van der Waals surface area contributed by atoms with E-state index in [1.165, 1.54) is 0 Å². The van der Waals surface area contributed by atoms with Crippen molar-refractivity contribution in [1.82, 2.24) is 19.7 Å². The molecule has 1 fully saturated rings. The molecule has 2 aromatic heterocycles. The second-order valence-corrected chi connectivity index (χ2v) is 6.60. The Hall–Kier alpha value is -1.60. The largest absolute Gasteiger partial charge is 0.381 e. The van der Waals surface area contributed by atoms with Gasteiger partial charge in [0.1, 0.15) is 0 Å². The van der Waals surface area contributed by atoms with Crippen molar-refractivity contribution in [2.24, 2.45) is 7.05 Å². The fourth-order valence-electron chi connectivity index (χ4n) is 2.78. The van der Waals surface area contributed by atoms with E-state index in [2.05, 4.69) is 26.1 Å². The van der Waals surface area contributed by atoms with Gasteiger partial charge in [-0.05, 0) is 28.4 Å². The molecule has 6 nitrogen and oxygen atoms in total. The third-order valence-electron chi connectivity index (χ3n) is 4.06. The molecule has 0 bridgehead atoms. The minimum Gasteiger partial charge on any atom is -0.381 e. The van der Waals surface area contributed by atoms with Crippen molar-refractivity contribution in [2.45, 2.75) is 18.9 Å². The number of nitrogens with one attached hydrogen (secondary N) is 1. The van der Waals surface area contributed by atoms with Gasteiger partial charge in [-0.3, -0.25) is 9.89 Å². The van der Waals surface area contributed by atoms with Gasteiger partial charge in [-0.15, -0.1) is 0 Å². The van der Waals surface area contributed by atoms with Crippen molar-refractivity contribution in [3.05, 3.63) is 39.9 Å². The maximum atomic E-state index is 12.7. The van der Waals surface area contributed by atoms with E-state index in [1.807, 2.05) is 30.9 Å². The number of aromatic amines is 1. The van der Waals surface area contributed by atoms with Crippen LogP contribution in [0.15, 0.2) is 22.9 Å². The van der Waals surface area contributed by atoms with Crippen LogP contribution in [0.5, 0.6) is 0 Å². The topological polar surface area (TPSA) is 63.2 Å². The molecule has 1 aliphatic heterocycles. The SMILES string of the molecule is CN(Cc1cc(Br)cn1C)C(=O)c1cn[nH]c1C1CCOC1. The Morgan fingerprint density at radius 1 is 1.64 bits per heavy atom. The summed E-state index contributed by atoms with van der Waals surface area (Å²) in [5, 5.41) is 7.03. The molecule has 3 rings (SSSR count). The number of ether oxygens (including phenoxy) is 1. The summed E-state index contributed by atoms with van der Waals surface area (Å²) >= 11 is 3.45. The zero-order valence-electron chi connectivity index (χ0n) is 12.7. The number of amides is 1. The highest BCUT2D eigenvalue weighted by molar-refractivity contribution is 9.10. The number of rotatable bonds is 4.